The molecule has 9 heteroatoms. The van der Waals surface area contributed by atoms with E-state index >= 15 is 0 Å². The number of aromatic nitrogens is 3. The molecule has 0 N–H and O–H groups in total. The van der Waals surface area contributed by atoms with Crippen molar-refractivity contribution in [2.24, 2.45) is 5.92 Å². The number of halogens is 3. The van der Waals surface area contributed by atoms with E-state index in [0.717, 1.165) is 48.9 Å². The Morgan fingerprint density at radius 3 is 2.33 bits per heavy atom. The highest BCUT2D eigenvalue weighted by Gasteiger charge is 2.34. The van der Waals surface area contributed by atoms with Crippen molar-refractivity contribution in [3.63, 3.8) is 0 Å². The topological polar surface area (TPSA) is 64.8 Å². The molecule has 2 heterocycles. The average Bonchev–Trinajstić information content (AvgIpc) is 3.12. The third-order valence-electron chi connectivity index (χ3n) is 6.16. The Morgan fingerprint density at radius 2 is 1.70 bits per heavy atom. The van der Waals surface area contributed by atoms with Crippen LogP contribution in [-0.2, 0) is 28.0 Å². The first-order valence-corrected chi connectivity index (χ1v) is 12.7. The van der Waals surface area contributed by atoms with E-state index in [-0.39, 0.29) is 10.3 Å². The van der Waals surface area contributed by atoms with Crippen LogP contribution < -0.4 is 0 Å². The summed E-state index contributed by atoms with van der Waals surface area (Å²) in [5.41, 5.74) is -0.142. The van der Waals surface area contributed by atoms with Crippen LogP contribution in [0.2, 0.25) is 0 Å². The summed E-state index contributed by atoms with van der Waals surface area (Å²) in [6.07, 6.45) is 1.30. The van der Waals surface area contributed by atoms with Crippen molar-refractivity contribution >= 4 is 20.9 Å². The fraction of sp³-hybridized carbons (Fsp3) is 0.500. The van der Waals surface area contributed by atoms with Gasteiger partial charge in [-0.15, -0.1) is 0 Å². The Morgan fingerprint density at radius 1 is 1.00 bits per heavy atom. The van der Waals surface area contributed by atoms with E-state index in [1.807, 2.05) is 0 Å². The lowest BCUT2D eigenvalue weighted by Gasteiger charge is -2.26. The minimum atomic E-state index is -4.73. The highest BCUT2D eigenvalue weighted by Crippen LogP contribution is 2.33. The highest BCUT2D eigenvalue weighted by molar-refractivity contribution is 7.91. The lowest BCUT2D eigenvalue weighted by Crippen LogP contribution is -2.22. The summed E-state index contributed by atoms with van der Waals surface area (Å²) >= 11 is 0. The summed E-state index contributed by atoms with van der Waals surface area (Å²) in [4.78, 5) is 8.02. The quantitative estimate of drug-likeness (QED) is 0.450. The molecule has 4 rings (SSSR count). The molecule has 0 aliphatic heterocycles. The van der Waals surface area contributed by atoms with Crippen LogP contribution in [0.4, 0.5) is 13.2 Å². The largest absolute Gasteiger partial charge is 0.433 e. The molecule has 3 aromatic rings. The summed E-state index contributed by atoms with van der Waals surface area (Å²) < 4.78 is 67.5. The van der Waals surface area contributed by atoms with Crippen molar-refractivity contribution in [3.05, 3.63) is 47.9 Å². The third-order valence-corrected chi connectivity index (χ3v) is 7.81. The van der Waals surface area contributed by atoms with E-state index in [1.54, 1.807) is 6.07 Å². The lowest BCUT2D eigenvalue weighted by molar-refractivity contribution is -0.141. The zero-order chi connectivity index (χ0) is 24.0. The molecule has 178 valence electrons. The number of hydrogen-bond acceptors (Lipinski definition) is 4. The second-order valence-corrected chi connectivity index (χ2v) is 11.7. The number of rotatable bonds is 4. The minimum absolute atomic E-state index is 0.121. The fourth-order valence-electron chi connectivity index (χ4n) is 4.51. The van der Waals surface area contributed by atoms with Gasteiger partial charge in [-0.25, -0.2) is 18.4 Å². The Kier molecular flexibility index (Phi) is 6.05. The zero-order valence-corrected chi connectivity index (χ0v) is 19.8. The van der Waals surface area contributed by atoms with Gasteiger partial charge in [0.1, 0.15) is 11.5 Å². The minimum Gasteiger partial charge on any atom is -0.327 e. The van der Waals surface area contributed by atoms with Gasteiger partial charge in [-0.1, -0.05) is 46.1 Å². The number of nitrogens with zero attached hydrogens (tertiary/aromatic N) is 3. The van der Waals surface area contributed by atoms with Crippen molar-refractivity contribution < 1.29 is 21.6 Å². The molecular weight excluding hydrogens is 451 g/mol. The van der Waals surface area contributed by atoms with Crippen LogP contribution in [0.3, 0.4) is 0 Å². The molecule has 0 bridgehead atoms. The van der Waals surface area contributed by atoms with Crippen LogP contribution in [0.5, 0.6) is 0 Å². The van der Waals surface area contributed by atoms with Crippen LogP contribution in [0.1, 0.15) is 64.4 Å². The molecule has 1 aliphatic carbocycles. The van der Waals surface area contributed by atoms with Crippen LogP contribution in [0.15, 0.2) is 46.3 Å². The predicted octanol–water partition coefficient (Wildman–Crippen LogP) is 6.16. The summed E-state index contributed by atoms with van der Waals surface area (Å²) in [6.45, 7) is 7.02. The molecule has 0 spiro atoms. The van der Waals surface area contributed by atoms with E-state index in [4.69, 9.17) is 4.98 Å². The molecule has 0 radical (unpaired) electrons. The van der Waals surface area contributed by atoms with Gasteiger partial charge in [0.2, 0.25) is 9.84 Å². The van der Waals surface area contributed by atoms with E-state index in [0.29, 0.717) is 11.4 Å². The van der Waals surface area contributed by atoms with Gasteiger partial charge in [-0.05, 0) is 49.1 Å². The Balaban J connectivity index is 1.78. The number of sulfone groups is 1. The van der Waals surface area contributed by atoms with Crippen LogP contribution in [-0.4, -0.2) is 23.0 Å². The molecule has 0 unspecified atom stereocenters. The van der Waals surface area contributed by atoms with Crippen LogP contribution >= 0.6 is 0 Å². The first kappa shape index (κ1) is 23.7. The van der Waals surface area contributed by atoms with E-state index < -0.39 is 26.7 Å². The molecular formula is C24H28F3N3O2S. The Bertz CT molecular complexity index is 1270. The van der Waals surface area contributed by atoms with Crippen molar-refractivity contribution in [1.82, 2.24) is 14.5 Å². The van der Waals surface area contributed by atoms with Gasteiger partial charge in [0.15, 0.2) is 5.03 Å². The van der Waals surface area contributed by atoms with Crippen LogP contribution in [0.25, 0.3) is 11.0 Å². The summed E-state index contributed by atoms with van der Waals surface area (Å²) in [5, 5.41) is -0.630. The maximum atomic E-state index is 13.1. The van der Waals surface area contributed by atoms with Gasteiger partial charge in [0, 0.05) is 12.0 Å². The number of hydrogen-bond donors (Lipinski definition) is 0. The normalized spacial score (nSPS) is 16.4. The first-order chi connectivity index (χ1) is 15.4. The molecule has 0 amide bonds. The molecule has 1 aromatic carbocycles. The van der Waals surface area contributed by atoms with Gasteiger partial charge >= 0.3 is 6.18 Å². The van der Waals surface area contributed by atoms with Crippen molar-refractivity contribution in [3.8, 4) is 0 Å². The summed E-state index contributed by atoms with van der Waals surface area (Å²) in [6, 6.07) is 7.48. The second-order valence-electron chi connectivity index (χ2n) is 9.81. The molecule has 1 fully saturated rings. The molecule has 0 atom stereocenters. The molecule has 0 saturated heterocycles. The van der Waals surface area contributed by atoms with Gasteiger partial charge in [0.25, 0.3) is 0 Å². The van der Waals surface area contributed by atoms with E-state index in [9.17, 15) is 21.6 Å². The lowest BCUT2D eigenvalue weighted by atomic mass is 9.88. The molecule has 2 aromatic heterocycles. The van der Waals surface area contributed by atoms with Gasteiger partial charge in [0.05, 0.1) is 15.9 Å². The smallest absolute Gasteiger partial charge is 0.327 e. The molecule has 1 aliphatic rings. The predicted molar refractivity (Wildman–Crippen MR) is 120 cm³/mol. The standard InChI is InChI=1S/C24H28F3N3O2S/c1-23(2,3)22-28-18-14-17(12-13-19(18)30(22)15-16-8-5-4-6-9-16)33(31,32)21-11-7-10-20(29-21)24(25,26)27/h7,10-14,16H,4-6,8-9,15H2,1-3H3. The SMILES string of the molecule is CC(C)(C)c1nc2cc(S(=O)(=O)c3cccc(C(F)(F)F)n3)ccc2n1CC1CCCCC1. The first-order valence-electron chi connectivity index (χ1n) is 11.2. The number of alkyl halides is 3. The van der Waals surface area contributed by atoms with Gasteiger partial charge in [-0.2, -0.15) is 13.2 Å². The number of pyridine rings is 1. The van der Waals surface area contributed by atoms with Crippen molar-refractivity contribution in [1.29, 1.82) is 0 Å². The summed E-state index contributed by atoms with van der Waals surface area (Å²) in [5.74, 6) is 1.42. The second kappa shape index (κ2) is 8.42. The van der Waals surface area contributed by atoms with E-state index in [1.165, 1.54) is 31.4 Å². The average molecular weight is 480 g/mol. The van der Waals surface area contributed by atoms with Gasteiger partial charge in [-0.3, -0.25) is 0 Å². The van der Waals surface area contributed by atoms with Crippen molar-refractivity contribution in [2.45, 2.75) is 80.9 Å². The fourth-order valence-corrected chi connectivity index (χ4v) is 5.74. The maximum absolute atomic E-state index is 13.1. The Hall–Kier alpha value is -2.42. The molecule has 33 heavy (non-hydrogen) atoms. The number of imidazole rings is 1. The third kappa shape index (κ3) is 4.78. The molecule has 5 nitrogen and oxygen atoms in total. The van der Waals surface area contributed by atoms with E-state index in [2.05, 4.69) is 30.3 Å². The monoisotopic (exact) mass is 479 g/mol. The summed E-state index contributed by atoms with van der Waals surface area (Å²) in [7, 11) is -4.24. The van der Waals surface area contributed by atoms with Gasteiger partial charge < -0.3 is 4.57 Å². The number of fused-ring (bicyclic) bond motifs is 1. The van der Waals surface area contributed by atoms with Crippen molar-refractivity contribution in [2.75, 3.05) is 0 Å². The van der Waals surface area contributed by atoms with Crippen LogP contribution in [0, 0.1) is 5.92 Å². The Labute approximate surface area is 192 Å². The number of benzene rings is 1. The maximum Gasteiger partial charge on any atom is 0.433 e. The molecule has 1 saturated carbocycles. The highest BCUT2D eigenvalue weighted by atomic mass is 32.2. The zero-order valence-electron chi connectivity index (χ0n) is 19.0.